The van der Waals surface area contributed by atoms with E-state index in [1.54, 1.807) is 18.2 Å². The van der Waals surface area contributed by atoms with E-state index in [1.165, 1.54) is 0 Å². The number of nitrogens with zero attached hydrogens (tertiary/aromatic N) is 2. The Morgan fingerprint density at radius 1 is 1.12 bits per heavy atom. The van der Waals surface area contributed by atoms with Crippen molar-refractivity contribution in [3.63, 3.8) is 0 Å². The summed E-state index contributed by atoms with van der Waals surface area (Å²) < 4.78 is 5.87. The Balaban J connectivity index is 1.47. The van der Waals surface area contributed by atoms with E-state index in [9.17, 15) is 4.79 Å². The van der Waals surface area contributed by atoms with Gasteiger partial charge in [0.25, 0.3) is 5.91 Å². The first-order chi connectivity index (χ1) is 12.1. The van der Waals surface area contributed by atoms with Crippen LogP contribution in [-0.2, 0) is 0 Å². The van der Waals surface area contributed by atoms with Crippen LogP contribution in [0.1, 0.15) is 35.0 Å². The average Bonchev–Trinajstić information content (AvgIpc) is 3.07. The maximum absolute atomic E-state index is 12.7. The molecule has 0 unspecified atom stereocenters. The third kappa shape index (κ3) is 3.24. The van der Waals surface area contributed by atoms with Gasteiger partial charge in [-0.2, -0.15) is 0 Å². The highest BCUT2D eigenvalue weighted by atomic mass is 35.5. The molecule has 0 radical (unpaired) electrons. The zero-order chi connectivity index (χ0) is 17.4. The first-order valence-corrected chi connectivity index (χ1v) is 8.97. The van der Waals surface area contributed by atoms with E-state index in [0.29, 0.717) is 28.7 Å². The average molecular weight is 375 g/mol. The quantitative estimate of drug-likeness (QED) is 0.622. The molecular weight excluding hydrogens is 359 g/mol. The van der Waals surface area contributed by atoms with Crippen molar-refractivity contribution in [2.24, 2.45) is 0 Å². The second kappa shape index (κ2) is 6.70. The summed E-state index contributed by atoms with van der Waals surface area (Å²) in [5, 5.41) is 0.935. The van der Waals surface area contributed by atoms with E-state index < -0.39 is 0 Å². The Hall–Kier alpha value is -2.04. The third-order valence-corrected chi connectivity index (χ3v) is 5.17. The largest absolute Gasteiger partial charge is 0.440 e. The molecule has 3 aromatic rings. The minimum absolute atomic E-state index is 0.0801. The fourth-order valence-electron chi connectivity index (χ4n) is 3.23. The first kappa shape index (κ1) is 16.4. The van der Waals surface area contributed by atoms with E-state index in [-0.39, 0.29) is 11.8 Å². The lowest BCUT2D eigenvalue weighted by Crippen LogP contribution is -2.38. The van der Waals surface area contributed by atoms with Crippen LogP contribution in [-0.4, -0.2) is 28.9 Å². The predicted octanol–water partition coefficient (Wildman–Crippen LogP) is 5.15. The monoisotopic (exact) mass is 374 g/mol. The topological polar surface area (TPSA) is 46.3 Å². The minimum atomic E-state index is -0.0801. The van der Waals surface area contributed by atoms with Gasteiger partial charge in [-0.3, -0.25) is 4.79 Å². The van der Waals surface area contributed by atoms with Crippen LogP contribution in [0.3, 0.4) is 0 Å². The Kier molecular flexibility index (Phi) is 4.40. The molecule has 0 N–H and O–H groups in total. The number of carbonyl (C=O) groups is 1. The molecular formula is C19H16Cl2N2O2. The van der Waals surface area contributed by atoms with Gasteiger partial charge < -0.3 is 9.32 Å². The smallest absolute Gasteiger partial charge is 0.255 e. The van der Waals surface area contributed by atoms with Crippen LogP contribution in [0, 0.1) is 0 Å². The summed E-state index contributed by atoms with van der Waals surface area (Å²) in [6.45, 7) is 1.29. The van der Waals surface area contributed by atoms with E-state index in [4.69, 9.17) is 27.6 Å². The lowest BCUT2D eigenvalue weighted by atomic mass is 9.96. The molecule has 2 heterocycles. The molecule has 25 heavy (non-hydrogen) atoms. The first-order valence-electron chi connectivity index (χ1n) is 8.21. The molecule has 1 fully saturated rings. The van der Waals surface area contributed by atoms with Crippen molar-refractivity contribution in [3.8, 4) is 0 Å². The Morgan fingerprint density at radius 2 is 1.88 bits per heavy atom. The lowest BCUT2D eigenvalue weighted by molar-refractivity contribution is 0.0707. The SMILES string of the molecule is O=C(c1cc(Cl)ccc1Cl)N1CCC(c2nc3ccccc3o2)CC1. The van der Waals surface area contributed by atoms with E-state index in [0.717, 1.165) is 29.8 Å². The maximum atomic E-state index is 12.7. The zero-order valence-electron chi connectivity index (χ0n) is 13.4. The fourth-order valence-corrected chi connectivity index (χ4v) is 3.60. The van der Waals surface area contributed by atoms with E-state index in [2.05, 4.69) is 4.98 Å². The summed E-state index contributed by atoms with van der Waals surface area (Å²) in [6.07, 6.45) is 1.63. The number of carbonyl (C=O) groups excluding carboxylic acids is 1. The Bertz CT molecular complexity index is 897. The van der Waals surface area contributed by atoms with Crippen LogP contribution in [0.4, 0.5) is 0 Å². The summed E-state index contributed by atoms with van der Waals surface area (Å²) in [6, 6.07) is 12.7. The number of likely N-dealkylation sites (tertiary alicyclic amines) is 1. The van der Waals surface area contributed by atoms with Gasteiger partial charge >= 0.3 is 0 Å². The molecule has 1 amide bonds. The predicted molar refractivity (Wildman–Crippen MR) is 98.3 cm³/mol. The number of fused-ring (bicyclic) bond motifs is 1. The number of rotatable bonds is 2. The van der Waals surface area contributed by atoms with Crippen LogP contribution in [0.2, 0.25) is 10.0 Å². The van der Waals surface area contributed by atoms with Crippen LogP contribution in [0.5, 0.6) is 0 Å². The number of hydrogen-bond donors (Lipinski definition) is 0. The van der Waals surface area contributed by atoms with Crippen LogP contribution in [0.25, 0.3) is 11.1 Å². The van der Waals surface area contributed by atoms with E-state index in [1.807, 2.05) is 29.2 Å². The molecule has 128 valence electrons. The number of halogens is 2. The zero-order valence-corrected chi connectivity index (χ0v) is 14.9. The van der Waals surface area contributed by atoms with Gasteiger partial charge in [-0.1, -0.05) is 35.3 Å². The highest BCUT2D eigenvalue weighted by molar-refractivity contribution is 6.35. The number of piperidine rings is 1. The molecule has 1 aliphatic heterocycles. The lowest BCUT2D eigenvalue weighted by Gasteiger charge is -2.31. The third-order valence-electron chi connectivity index (χ3n) is 4.60. The Labute approximate surface area is 155 Å². The molecule has 0 aliphatic carbocycles. The molecule has 4 rings (SSSR count). The number of amides is 1. The summed E-state index contributed by atoms with van der Waals surface area (Å²) in [5.74, 6) is 0.906. The molecule has 0 bridgehead atoms. The van der Waals surface area contributed by atoms with Gasteiger partial charge in [0.1, 0.15) is 5.52 Å². The summed E-state index contributed by atoms with van der Waals surface area (Å²) in [5.41, 5.74) is 2.14. The van der Waals surface area contributed by atoms with Gasteiger partial charge in [0.05, 0.1) is 10.6 Å². The van der Waals surface area contributed by atoms with Crippen molar-refractivity contribution in [3.05, 3.63) is 64.0 Å². The summed E-state index contributed by atoms with van der Waals surface area (Å²) in [7, 11) is 0. The summed E-state index contributed by atoms with van der Waals surface area (Å²) in [4.78, 5) is 19.1. The number of oxazole rings is 1. The molecule has 0 atom stereocenters. The minimum Gasteiger partial charge on any atom is -0.440 e. The van der Waals surface area contributed by atoms with Crippen molar-refractivity contribution in [1.82, 2.24) is 9.88 Å². The second-order valence-corrected chi connectivity index (χ2v) is 7.05. The van der Waals surface area contributed by atoms with Crippen molar-refractivity contribution in [2.75, 3.05) is 13.1 Å². The fraction of sp³-hybridized carbons (Fsp3) is 0.263. The molecule has 2 aromatic carbocycles. The van der Waals surface area contributed by atoms with Crippen molar-refractivity contribution in [1.29, 1.82) is 0 Å². The molecule has 0 saturated carbocycles. The van der Waals surface area contributed by atoms with Gasteiger partial charge in [-0.05, 0) is 43.2 Å². The second-order valence-electron chi connectivity index (χ2n) is 6.21. The van der Waals surface area contributed by atoms with E-state index >= 15 is 0 Å². The van der Waals surface area contributed by atoms with Gasteiger partial charge in [0, 0.05) is 24.0 Å². The van der Waals surface area contributed by atoms with Gasteiger partial charge in [0.2, 0.25) is 0 Å². The Morgan fingerprint density at radius 3 is 2.64 bits per heavy atom. The number of para-hydroxylation sites is 2. The molecule has 1 aliphatic rings. The number of aromatic nitrogens is 1. The van der Waals surface area contributed by atoms with Crippen molar-refractivity contribution >= 4 is 40.2 Å². The molecule has 4 nitrogen and oxygen atoms in total. The normalized spacial score (nSPS) is 15.7. The van der Waals surface area contributed by atoms with Gasteiger partial charge in [-0.25, -0.2) is 4.98 Å². The molecule has 6 heteroatoms. The van der Waals surface area contributed by atoms with Crippen molar-refractivity contribution in [2.45, 2.75) is 18.8 Å². The number of hydrogen-bond acceptors (Lipinski definition) is 3. The van der Waals surface area contributed by atoms with Gasteiger partial charge in [0.15, 0.2) is 11.5 Å². The summed E-state index contributed by atoms with van der Waals surface area (Å²) >= 11 is 12.1. The highest BCUT2D eigenvalue weighted by Crippen LogP contribution is 2.31. The highest BCUT2D eigenvalue weighted by Gasteiger charge is 2.28. The maximum Gasteiger partial charge on any atom is 0.255 e. The van der Waals surface area contributed by atoms with Gasteiger partial charge in [-0.15, -0.1) is 0 Å². The number of benzene rings is 2. The molecule has 1 saturated heterocycles. The standard InChI is InChI=1S/C19H16Cl2N2O2/c20-13-5-6-15(21)14(11-13)19(24)23-9-7-12(8-10-23)18-22-16-3-1-2-4-17(16)25-18/h1-6,11-12H,7-10H2. The molecule has 1 aromatic heterocycles. The van der Waals surface area contributed by atoms with Crippen LogP contribution in [0.15, 0.2) is 46.9 Å². The van der Waals surface area contributed by atoms with Crippen LogP contribution >= 0.6 is 23.2 Å². The molecule has 0 spiro atoms. The van der Waals surface area contributed by atoms with Crippen LogP contribution < -0.4 is 0 Å². The van der Waals surface area contributed by atoms with Crippen molar-refractivity contribution < 1.29 is 9.21 Å².